The molecule has 2 rings (SSSR count). The van der Waals surface area contributed by atoms with Crippen molar-refractivity contribution in [2.24, 2.45) is 0 Å². The molecule has 0 amide bonds. The van der Waals surface area contributed by atoms with Crippen LogP contribution in [0.1, 0.15) is 15.9 Å². The highest BCUT2D eigenvalue weighted by atomic mass is 19.1. The van der Waals surface area contributed by atoms with Crippen molar-refractivity contribution < 1.29 is 18.8 Å². The third kappa shape index (κ3) is 3.22. The standard InChI is InChI=1S/C15H12FNO4/c1-21-14-4-2-3-12(16)15(14)13(18)9-10-5-7-11(8-6-10)17(19)20/h2-8H,9H2,1H3. The summed E-state index contributed by atoms with van der Waals surface area (Å²) >= 11 is 0. The minimum Gasteiger partial charge on any atom is -0.496 e. The molecule has 0 bridgehead atoms. The predicted molar refractivity (Wildman–Crippen MR) is 74.1 cm³/mol. The summed E-state index contributed by atoms with van der Waals surface area (Å²) in [6.45, 7) is 0. The van der Waals surface area contributed by atoms with E-state index in [9.17, 15) is 19.3 Å². The molecule has 5 nitrogen and oxygen atoms in total. The Balaban J connectivity index is 2.24. The zero-order chi connectivity index (χ0) is 15.4. The molecular weight excluding hydrogens is 277 g/mol. The van der Waals surface area contributed by atoms with Gasteiger partial charge >= 0.3 is 0 Å². The first-order valence-electron chi connectivity index (χ1n) is 6.12. The summed E-state index contributed by atoms with van der Waals surface area (Å²) in [5.41, 5.74) is 0.393. The number of nitrogens with zero attached hydrogens (tertiary/aromatic N) is 1. The molecule has 0 aliphatic heterocycles. The fourth-order valence-electron chi connectivity index (χ4n) is 1.95. The van der Waals surface area contributed by atoms with Crippen molar-refractivity contribution in [3.05, 3.63) is 69.5 Å². The maximum atomic E-state index is 13.8. The van der Waals surface area contributed by atoms with Crippen molar-refractivity contribution in [3.8, 4) is 5.75 Å². The number of Topliss-reactive ketones (excluding diaryl/α,β-unsaturated/α-hetero) is 1. The quantitative estimate of drug-likeness (QED) is 0.481. The molecule has 21 heavy (non-hydrogen) atoms. The first kappa shape index (κ1) is 14.6. The fourth-order valence-corrected chi connectivity index (χ4v) is 1.95. The van der Waals surface area contributed by atoms with Gasteiger partial charge in [0.25, 0.3) is 5.69 Å². The molecule has 2 aromatic carbocycles. The molecule has 0 fully saturated rings. The van der Waals surface area contributed by atoms with Crippen molar-refractivity contribution in [1.82, 2.24) is 0 Å². The number of non-ortho nitro benzene ring substituents is 1. The number of nitro groups is 1. The lowest BCUT2D eigenvalue weighted by Gasteiger charge is -2.08. The molecule has 6 heteroatoms. The summed E-state index contributed by atoms with van der Waals surface area (Å²) in [5.74, 6) is -0.929. The molecule has 0 aliphatic rings. The topological polar surface area (TPSA) is 69.4 Å². The van der Waals surface area contributed by atoms with Crippen LogP contribution in [0.25, 0.3) is 0 Å². The van der Waals surface area contributed by atoms with Gasteiger partial charge in [0.15, 0.2) is 5.78 Å². The Labute approximate surface area is 120 Å². The molecule has 0 unspecified atom stereocenters. The summed E-state index contributed by atoms with van der Waals surface area (Å²) in [7, 11) is 1.36. The third-order valence-electron chi connectivity index (χ3n) is 2.99. The van der Waals surface area contributed by atoms with Gasteiger partial charge in [-0.05, 0) is 17.7 Å². The monoisotopic (exact) mass is 289 g/mol. The highest BCUT2D eigenvalue weighted by Gasteiger charge is 2.18. The van der Waals surface area contributed by atoms with Crippen molar-refractivity contribution in [2.45, 2.75) is 6.42 Å². The maximum Gasteiger partial charge on any atom is 0.269 e. The van der Waals surface area contributed by atoms with E-state index in [4.69, 9.17) is 4.74 Å². The lowest BCUT2D eigenvalue weighted by atomic mass is 10.0. The number of halogens is 1. The lowest BCUT2D eigenvalue weighted by Crippen LogP contribution is -2.08. The molecule has 0 saturated carbocycles. The molecular formula is C15H12FNO4. The van der Waals surface area contributed by atoms with Crippen LogP contribution in [0.15, 0.2) is 42.5 Å². The van der Waals surface area contributed by atoms with Crippen molar-refractivity contribution in [2.75, 3.05) is 7.11 Å². The van der Waals surface area contributed by atoms with Crippen molar-refractivity contribution in [1.29, 1.82) is 0 Å². The number of methoxy groups -OCH3 is 1. The van der Waals surface area contributed by atoms with Crippen LogP contribution in [-0.2, 0) is 6.42 Å². The lowest BCUT2D eigenvalue weighted by molar-refractivity contribution is -0.384. The second kappa shape index (κ2) is 6.13. The van der Waals surface area contributed by atoms with Gasteiger partial charge in [-0.25, -0.2) is 4.39 Å². The van der Waals surface area contributed by atoms with E-state index in [0.717, 1.165) is 0 Å². The summed E-state index contributed by atoms with van der Waals surface area (Å²) in [5, 5.41) is 10.6. The number of nitro benzene ring substituents is 1. The van der Waals surface area contributed by atoms with Crippen LogP contribution in [0, 0.1) is 15.9 Å². The summed E-state index contributed by atoms with van der Waals surface area (Å²) in [6.07, 6.45) is -0.0602. The number of carbonyl (C=O) groups excluding carboxylic acids is 1. The van der Waals surface area contributed by atoms with E-state index >= 15 is 0 Å². The Morgan fingerprint density at radius 2 is 1.90 bits per heavy atom. The second-order valence-electron chi connectivity index (χ2n) is 4.34. The van der Waals surface area contributed by atoms with Crippen molar-refractivity contribution >= 4 is 11.5 Å². The average molecular weight is 289 g/mol. The smallest absolute Gasteiger partial charge is 0.269 e. The number of hydrogen-bond acceptors (Lipinski definition) is 4. The van der Waals surface area contributed by atoms with Gasteiger partial charge in [-0.3, -0.25) is 14.9 Å². The Kier molecular flexibility index (Phi) is 4.27. The van der Waals surface area contributed by atoms with E-state index in [2.05, 4.69) is 0 Å². The molecule has 0 spiro atoms. The molecule has 108 valence electrons. The van der Waals surface area contributed by atoms with E-state index < -0.39 is 16.5 Å². The van der Waals surface area contributed by atoms with Crippen LogP contribution in [0.5, 0.6) is 5.75 Å². The molecule has 2 aromatic rings. The first-order valence-corrected chi connectivity index (χ1v) is 6.12. The Morgan fingerprint density at radius 1 is 1.24 bits per heavy atom. The van der Waals surface area contributed by atoms with Gasteiger partial charge in [0.2, 0.25) is 0 Å². The maximum absolute atomic E-state index is 13.8. The molecule has 0 atom stereocenters. The summed E-state index contributed by atoms with van der Waals surface area (Å²) in [4.78, 5) is 22.2. The Morgan fingerprint density at radius 3 is 2.48 bits per heavy atom. The number of ether oxygens (including phenoxy) is 1. The molecule has 0 saturated heterocycles. The number of rotatable bonds is 5. The van der Waals surface area contributed by atoms with Gasteiger partial charge in [0.05, 0.1) is 17.6 Å². The van der Waals surface area contributed by atoms with E-state index in [1.807, 2.05) is 0 Å². The Bertz CT molecular complexity index is 683. The van der Waals surface area contributed by atoms with Gasteiger partial charge in [-0.2, -0.15) is 0 Å². The molecule has 0 aliphatic carbocycles. The largest absolute Gasteiger partial charge is 0.496 e. The minimum absolute atomic E-state index is 0.0602. The van der Waals surface area contributed by atoms with E-state index in [0.29, 0.717) is 5.56 Å². The molecule has 0 radical (unpaired) electrons. The van der Waals surface area contributed by atoms with Gasteiger partial charge in [0, 0.05) is 18.6 Å². The minimum atomic E-state index is -0.652. The molecule has 0 heterocycles. The van der Waals surface area contributed by atoms with Gasteiger partial charge in [-0.15, -0.1) is 0 Å². The van der Waals surface area contributed by atoms with Gasteiger partial charge < -0.3 is 4.74 Å². The normalized spacial score (nSPS) is 10.2. The van der Waals surface area contributed by atoms with Crippen LogP contribution in [0.4, 0.5) is 10.1 Å². The zero-order valence-corrected chi connectivity index (χ0v) is 11.2. The second-order valence-corrected chi connectivity index (χ2v) is 4.34. The highest BCUT2D eigenvalue weighted by molar-refractivity contribution is 6.00. The van der Waals surface area contributed by atoms with Crippen LogP contribution in [0.2, 0.25) is 0 Å². The first-order chi connectivity index (χ1) is 10.0. The van der Waals surface area contributed by atoms with Crippen LogP contribution >= 0.6 is 0 Å². The highest BCUT2D eigenvalue weighted by Crippen LogP contribution is 2.23. The average Bonchev–Trinajstić information content (AvgIpc) is 2.47. The molecule has 0 N–H and O–H groups in total. The van der Waals surface area contributed by atoms with E-state index in [-0.39, 0.29) is 23.4 Å². The van der Waals surface area contributed by atoms with Crippen LogP contribution in [-0.4, -0.2) is 17.8 Å². The number of hydrogen-bond donors (Lipinski definition) is 0. The van der Waals surface area contributed by atoms with Gasteiger partial charge in [0.1, 0.15) is 11.6 Å². The number of carbonyl (C=O) groups is 1. The molecule has 0 aromatic heterocycles. The summed E-state index contributed by atoms with van der Waals surface area (Å²) in [6, 6.07) is 9.71. The van der Waals surface area contributed by atoms with E-state index in [1.165, 1.54) is 49.6 Å². The third-order valence-corrected chi connectivity index (χ3v) is 2.99. The SMILES string of the molecule is COc1cccc(F)c1C(=O)Cc1ccc([N+](=O)[O-])cc1. The summed E-state index contributed by atoms with van der Waals surface area (Å²) < 4.78 is 18.8. The number of ketones is 1. The fraction of sp³-hybridized carbons (Fsp3) is 0.133. The predicted octanol–water partition coefficient (Wildman–Crippen LogP) is 3.17. The number of benzene rings is 2. The van der Waals surface area contributed by atoms with Gasteiger partial charge in [-0.1, -0.05) is 18.2 Å². The van der Waals surface area contributed by atoms with Crippen LogP contribution in [0.3, 0.4) is 0 Å². The van der Waals surface area contributed by atoms with E-state index in [1.54, 1.807) is 0 Å². The van der Waals surface area contributed by atoms with Crippen molar-refractivity contribution in [3.63, 3.8) is 0 Å². The zero-order valence-electron chi connectivity index (χ0n) is 11.2. The Hall–Kier alpha value is -2.76. The van der Waals surface area contributed by atoms with Crippen LogP contribution < -0.4 is 4.74 Å².